The van der Waals surface area contributed by atoms with E-state index < -0.39 is 0 Å². The maximum Gasteiger partial charge on any atom is 0.250 e. The second kappa shape index (κ2) is 10.9. The number of anilines is 2. The molecule has 9 nitrogen and oxygen atoms in total. The van der Waals surface area contributed by atoms with Crippen LogP contribution in [0.5, 0.6) is 0 Å². The Morgan fingerprint density at radius 1 is 1.00 bits per heavy atom. The lowest BCUT2D eigenvalue weighted by Crippen LogP contribution is -2.11. The zero-order chi connectivity index (χ0) is 28.4. The van der Waals surface area contributed by atoms with Gasteiger partial charge in [-0.05, 0) is 49.2 Å². The number of hydrogen-bond donors (Lipinski definition) is 2. The van der Waals surface area contributed by atoms with Gasteiger partial charge in [-0.15, -0.1) is 0 Å². The fourth-order valence-electron chi connectivity index (χ4n) is 4.60. The van der Waals surface area contributed by atoms with Gasteiger partial charge in [-0.2, -0.15) is 5.10 Å². The van der Waals surface area contributed by atoms with Crippen molar-refractivity contribution < 1.29 is 14.3 Å². The molecular weight excluding hydrogens is 504 g/mol. The van der Waals surface area contributed by atoms with Crippen molar-refractivity contribution in [2.75, 3.05) is 18.2 Å². The molecule has 0 aliphatic heterocycles. The van der Waals surface area contributed by atoms with E-state index in [1.807, 2.05) is 55.5 Å². The summed E-state index contributed by atoms with van der Waals surface area (Å²) in [6, 6.07) is 20.2. The Bertz CT molecular complexity index is 1760. The van der Waals surface area contributed by atoms with E-state index in [0.717, 1.165) is 33.6 Å². The molecule has 0 bridgehead atoms. The van der Waals surface area contributed by atoms with Gasteiger partial charge in [0.15, 0.2) is 5.82 Å². The number of ketones is 1. The fraction of sp³-hybridized carbons (Fsp3) is 0.129. The monoisotopic (exact) mass is 532 g/mol. The number of aryl methyl sites for hydroxylation is 1. The number of nitrogens with zero attached hydrogens (tertiary/aromatic N) is 4. The van der Waals surface area contributed by atoms with Crippen LogP contribution < -0.4 is 11.1 Å². The molecule has 3 heterocycles. The third-order valence-corrected chi connectivity index (χ3v) is 6.51. The molecule has 0 atom stereocenters. The summed E-state index contributed by atoms with van der Waals surface area (Å²) in [5.74, 6) is -0.0998. The van der Waals surface area contributed by atoms with Crippen LogP contribution in [0.4, 0.5) is 11.5 Å². The summed E-state index contributed by atoms with van der Waals surface area (Å²) in [5.41, 5.74) is 13.9. The molecule has 0 fully saturated rings. The zero-order valence-corrected chi connectivity index (χ0v) is 22.4. The highest BCUT2D eigenvalue weighted by Gasteiger charge is 2.24. The number of carbonyl (C=O) groups is 2. The van der Waals surface area contributed by atoms with E-state index in [1.54, 1.807) is 36.7 Å². The Hall–Kier alpha value is -5.15. The van der Waals surface area contributed by atoms with Crippen LogP contribution in [-0.4, -0.2) is 38.4 Å². The average Bonchev–Trinajstić information content (AvgIpc) is 3.28. The van der Waals surface area contributed by atoms with Gasteiger partial charge in [0.05, 0.1) is 12.3 Å². The summed E-state index contributed by atoms with van der Waals surface area (Å²) in [6.07, 6.45) is 1.40. The SMILES string of the molecule is C=C(C)C(=O)Nc1ccc(-c2c(-c3ccc(C(=O)c4cccc(C)n4)cc3)c3c(N)ncnn3c2COC)cc1. The smallest absolute Gasteiger partial charge is 0.250 e. The summed E-state index contributed by atoms with van der Waals surface area (Å²) in [4.78, 5) is 33.8. The van der Waals surface area contributed by atoms with Crippen LogP contribution in [0.1, 0.15) is 34.4 Å². The van der Waals surface area contributed by atoms with Crippen molar-refractivity contribution in [3.05, 3.63) is 108 Å². The highest BCUT2D eigenvalue weighted by atomic mass is 16.5. The predicted octanol–water partition coefficient (Wildman–Crippen LogP) is 5.24. The Morgan fingerprint density at radius 2 is 1.68 bits per heavy atom. The van der Waals surface area contributed by atoms with Crippen LogP contribution in [0.3, 0.4) is 0 Å². The lowest BCUT2D eigenvalue weighted by molar-refractivity contribution is -0.112. The van der Waals surface area contributed by atoms with Gasteiger partial charge in [-0.1, -0.05) is 49.0 Å². The number of rotatable bonds is 8. The van der Waals surface area contributed by atoms with Gasteiger partial charge in [0.2, 0.25) is 5.78 Å². The molecule has 0 saturated heterocycles. The van der Waals surface area contributed by atoms with Gasteiger partial charge < -0.3 is 15.8 Å². The molecule has 0 aliphatic carbocycles. The number of carbonyl (C=O) groups excluding carboxylic acids is 2. The molecular formula is C31H28N6O3. The molecule has 2 aromatic carbocycles. The maximum atomic E-state index is 13.1. The summed E-state index contributed by atoms with van der Waals surface area (Å²) in [6.45, 7) is 7.45. The molecule has 3 N–H and O–H groups in total. The second-order valence-electron chi connectivity index (χ2n) is 9.42. The largest absolute Gasteiger partial charge is 0.382 e. The van der Waals surface area contributed by atoms with Crippen LogP contribution >= 0.6 is 0 Å². The summed E-state index contributed by atoms with van der Waals surface area (Å²) in [7, 11) is 1.61. The van der Waals surface area contributed by atoms with Crippen LogP contribution in [-0.2, 0) is 16.1 Å². The van der Waals surface area contributed by atoms with Gasteiger partial charge in [-0.25, -0.2) is 14.5 Å². The topological polar surface area (TPSA) is 124 Å². The van der Waals surface area contributed by atoms with E-state index in [-0.39, 0.29) is 18.3 Å². The Labute approximate surface area is 231 Å². The number of amides is 1. The summed E-state index contributed by atoms with van der Waals surface area (Å²) in [5, 5.41) is 7.31. The molecule has 0 radical (unpaired) electrons. The minimum absolute atomic E-state index is 0.160. The second-order valence-corrected chi connectivity index (χ2v) is 9.42. The first-order valence-corrected chi connectivity index (χ1v) is 12.6. The van der Waals surface area contributed by atoms with E-state index in [0.29, 0.717) is 33.9 Å². The summed E-state index contributed by atoms with van der Waals surface area (Å²) < 4.78 is 7.30. The van der Waals surface area contributed by atoms with Crippen LogP contribution in [0.15, 0.2) is 85.2 Å². The number of benzene rings is 2. The van der Waals surface area contributed by atoms with Crippen LogP contribution in [0, 0.1) is 6.92 Å². The molecule has 0 spiro atoms. The minimum atomic E-state index is -0.248. The number of methoxy groups -OCH3 is 1. The van der Waals surface area contributed by atoms with Crippen molar-refractivity contribution in [3.63, 3.8) is 0 Å². The molecule has 9 heteroatoms. The van der Waals surface area contributed by atoms with Gasteiger partial charge in [-0.3, -0.25) is 9.59 Å². The van der Waals surface area contributed by atoms with E-state index in [4.69, 9.17) is 10.5 Å². The molecule has 200 valence electrons. The molecule has 3 aromatic heterocycles. The zero-order valence-electron chi connectivity index (χ0n) is 22.4. The number of hydrogen-bond acceptors (Lipinski definition) is 7. The number of nitrogen functional groups attached to an aromatic ring is 1. The predicted molar refractivity (Wildman–Crippen MR) is 155 cm³/mol. The lowest BCUT2D eigenvalue weighted by atomic mass is 9.94. The fourth-order valence-corrected chi connectivity index (χ4v) is 4.60. The third-order valence-electron chi connectivity index (χ3n) is 6.51. The number of ether oxygens (including phenoxy) is 1. The number of pyridine rings is 1. The average molecular weight is 533 g/mol. The van der Waals surface area contributed by atoms with E-state index in [1.165, 1.54) is 6.33 Å². The van der Waals surface area contributed by atoms with Gasteiger partial charge in [0.1, 0.15) is 17.5 Å². The van der Waals surface area contributed by atoms with Crippen molar-refractivity contribution in [3.8, 4) is 22.3 Å². The standard InChI is InChI=1S/C31H28N6O3/c1-18(2)31(39)36-23-14-12-20(13-15-23)26-25(16-40-4)37-28(30(32)33-17-34-37)27(26)21-8-10-22(11-9-21)29(38)24-7-5-6-19(3)35-24/h5-15,17H,1,16H2,2-4H3,(H,36,39)(H2,32,33,34). The van der Waals surface area contributed by atoms with Gasteiger partial charge in [0, 0.05) is 40.8 Å². The quantitative estimate of drug-likeness (QED) is 0.207. The van der Waals surface area contributed by atoms with Crippen molar-refractivity contribution in [1.29, 1.82) is 0 Å². The van der Waals surface area contributed by atoms with Crippen molar-refractivity contribution in [1.82, 2.24) is 19.6 Å². The lowest BCUT2D eigenvalue weighted by Gasteiger charge is -2.11. The van der Waals surface area contributed by atoms with E-state index in [2.05, 4.69) is 27.0 Å². The highest BCUT2D eigenvalue weighted by Crippen LogP contribution is 2.42. The maximum absolute atomic E-state index is 13.1. The van der Waals surface area contributed by atoms with Crippen molar-refractivity contribution >= 4 is 28.7 Å². The van der Waals surface area contributed by atoms with Crippen LogP contribution in [0.2, 0.25) is 0 Å². The molecule has 5 rings (SSSR count). The van der Waals surface area contributed by atoms with Gasteiger partial charge in [0.25, 0.3) is 5.91 Å². The molecule has 0 aliphatic rings. The highest BCUT2D eigenvalue weighted by molar-refractivity contribution is 6.08. The number of fused-ring (bicyclic) bond motifs is 1. The Balaban J connectivity index is 1.64. The first-order chi connectivity index (χ1) is 19.3. The number of aromatic nitrogens is 4. The molecule has 40 heavy (non-hydrogen) atoms. The minimum Gasteiger partial charge on any atom is -0.382 e. The van der Waals surface area contributed by atoms with Gasteiger partial charge >= 0.3 is 0 Å². The number of nitrogens with one attached hydrogen (secondary N) is 1. The van der Waals surface area contributed by atoms with E-state index >= 15 is 0 Å². The Kier molecular flexibility index (Phi) is 7.22. The van der Waals surface area contributed by atoms with Crippen molar-refractivity contribution in [2.45, 2.75) is 20.5 Å². The Morgan fingerprint density at radius 3 is 2.33 bits per heavy atom. The molecule has 0 unspecified atom stereocenters. The molecule has 5 aromatic rings. The molecule has 1 amide bonds. The summed E-state index contributed by atoms with van der Waals surface area (Å²) >= 11 is 0. The first-order valence-electron chi connectivity index (χ1n) is 12.6. The van der Waals surface area contributed by atoms with Crippen LogP contribution in [0.25, 0.3) is 27.8 Å². The number of nitrogens with two attached hydrogens (primary N) is 1. The normalized spacial score (nSPS) is 11.0. The molecule has 0 saturated carbocycles. The van der Waals surface area contributed by atoms with Crippen molar-refractivity contribution in [2.24, 2.45) is 0 Å². The first kappa shape index (κ1) is 26.5. The third kappa shape index (κ3) is 4.97. The van der Waals surface area contributed by atoms with E-state index in [9.17, 15) is 9.59 Å².